The first-order valence-electron chi connectivity index (χ1n) is 6.05. The van der Waals surface area contributed by atoms with E-state index < -0.39 is 5.54 Å². The van der Waals surface area contributed by atoms with Crippen molar-refractivity contribution >= 4 is 27.8 Å². The molecule has 2 heterocycles. The lowest BCUT2D eigenvalue weighted by molar-refractivity contribution is -0.124. The van der Waals surface area contributed by atoms with Gasteiger partial charge >= 0.3 is 0 Å². The summed E-state index contributed by atoms with van der Waals surface area (Å²) in [7, 11) is 0. The fraction of sp³-hybridized carbons (Fsp3) is 0.143. The molecule has 0 radical (unpaired) electrons. The van der Waals surface area contributed by atoms with Gasteiger partial charge in [-0.05, 0) is 29.8 Å². The zero-order valence-electron chi connectivity index (χ0n) is 10.5. The molecule has 0 fully saturated rings. The van der Waals surface area contributed by atoms with E-state index in [-0.39, 0.29) is 11.9 Å². The number of nitrogens with one attached hydrogen (secondary N) is 1. The number of nitrogens with two attached hydrogens (primary N) is 1. The van der Waals surface area contributed by atoms with Gasteiger partial charge in [-0.15, -0.1) is 0 Å². The summed E-state index contributed by atoms with van der Waals surface area (Å²) in [6.07, 6.45) is 1.90. The lowest BCUT2D eigenvalue weighted by atomic mass is 9.86. The second-order valence-electron chi connectivity index (χ2n) is 4.57. The van der Waals surface area contributed by atoms with E-state index in [1.165, 1.54) is 0 Å². The van der Waals surface area contributed by atoms with Crippen LogP contribution in [0.4, 0.5) is 0 Å². The maximum atomic E-state index is 12.4. The molecule has 1 aromatic heterocycles. The number of amides is 1. The van der Waals surface area contributed by atoms with Crippen LogP contribution in [0.2, 0.25) is 0 Å². The lowest BCUT2D eigenvalue weighted by Gasteiger charge is -2.22. The molecule has 2 aromatic rings. The van der Waals surface area contributed by atoms with Gasteiger partial charge in [-0.25, -0.2) is 4.99 Å². The Morgan fingerprint density at radius 1 is 1.30 bits per heavy atom. The van der Waals surface area contributed by atoms with Gasteiger partial charge in [0.2, 0.25) is 0 Å². The number of furan rings is 1. The number of carbonyl (C=O) groups is 1. The number of halogens is 1. The van der Waals surface area contributed by atoms with E-state index >= 15 is 0 Å². The minimum Gasteiger partial charge on any atom is -0.469 e. The fourth-order valence-electron chi connectivity index (χ4n) is 2.31. The molecule has 1 aromatic carbocycles. The van der Waals surface area contributed by atoms with Gasteiger partial charge in [-0.2, -0.15) is 0 Å². The highest BCUT2D eigenvalue weighted by atomic mass is 79.9. The number of hydrogen-bond donors (Lipinski definition) is 2. The fourth-order valence-corrected chi connectivity index (χ4v) is 2.58. The minimum atomic E-state index is -1.07. The van der Waals surface area contributed by atoms with E-state index in [1.54, 1.807) is 12.3 Å². The third-order valence-electron chi connectivity index (χ3n) is 3.26. The molecule has 6 heteroatoms. The van der Waals surface area contributed by atoms with E-state index in [0.29, 0.717) is 12.2 Å². The molecule has 0 bridgehead atoms. The topological polar surface area (TPSA) is 80.6 Å². The van der Waals surface area contributed by atoms with Crippen LogP contribution in [-0.4, -0.2) is 11.9 Å². The number of hydrogen-bond acceptors (Lipinski definition) is 4. The summed E-state index contributed by atoms with van der Waals surface area (Å²) in [4.78, 5) is 16.7. The Morgan fingerprint density at radius 2 is 2.05 bits per heavy atom. The first-order chi connectivity index (χ1) is 9.60. The van der Waals surface area contributed by atoms with Crippen molar-refractivity contribution < 1.29 is 9.21 Å². The normalized spacial score (nSPS) is 21.6. The van der Waals surface area contributed by atoms with Gasteiger partial charge in [0.25, 0.3) is 5.91 Å². The number of benzene rings is 1. The summed E-state index contributed by atoms with van der Waals surface area (Å²) >= 11 is 3.38. The van der Waals surface area contributed by atoms with Crippen LogP contribution in [0.15, 0.2) is 56.5 Å². The highest BCUT2D eigenvalue weighted by Gasteiger charge is 2.45. The molecule has 0 saturated heterocycles. The van der Waals surface area contributed by atoms with Gasteiger partial charge in [0, 0.05) is 10.9 Å². The summed E-state index contributed by atoms with van der Waals surface area (Å²) in [6.45, 7) is 0. The van der Waals surface area contributed by atoms with Crippen LogP contribution < -0.4 is 11.1 Å². The summed E-state index contributed by atoms with van der Waals surface area (Å²) in [6, 6.07) is 11.1. The molecule has 0 spiro atoms. The first-order valence-corrected chi connectivity index (χ1v) is 6.85. The minimum absolute atomic E-state index is 0.129. The molecule has 1 unspecified atom stereocenters. The molecule has 1 aliphatic heterocycles. The Balaban J connectivity index is 2.08. The van der Waals surface area contributed by atoms with E-state index in [9.17, 15) is 4.79 Å². The Bertz CT molecular complexity index is 664. The molecular formula is C14H12BrN3O2. The second-order valence-corrected chi connectivity index (χ2v) is 5.49. The van der Waals surface area contributed by atoms with Crippen LogP contribution >= 0.6 is 15.9 Å². The molecule has 1 atom stereocenters. The maximum Gasteiger partial charge on any atom is 0.259 e. The molecule has 3 N–H and O–H groups in total. The average molecular weight is 334 g/mol. The van der Waals surface area contributed by atoms with Crippen molar-refractivity contribution in [3.63, 3.8) is 0 Å². The van der Waals surface area contributed by atoms with Crippen LogP contribution in [-0.2, 0) is 16.8 Å². The summed E-state index contributed by atoms with van der Waals surface area (Å²) in [5.41, 5.74) is 5.38. The van der Waals surface area contributed by atoms with Crippen molar-refractivity contribution in [2.45, 2.75) is 12.0 Å². The van der Waals surface area contributed by atoms with Crippen LogP contribution in [0.5, 0.6) is 0 Å². The van der Waals surface area contributed by atoms with Crippen molar-refractivity contribution in [2.24, 2.45) is 10.7 Å². The predicted octanol–water partition coefficient (Wildman–Crippen LogP) is 1.92. The molecule has 3 rings (SSSR count). The Labute approximate surface area is 124 Å². The predicted molar refractivity (Wildman–Crippen MR) is 78.0 cm³/mol. The Kier molecular flexibility index (Phi) is 3.10. The summed E-state index contributed by atoms with van der Waals surface area (Å²) in [5, 5.41) is 2.57. The third kappa shape index (κ3) is 2.12. The number of nitrogens with zero attached hydrogens (tertiary/aromatic N) is 1. The van der Waals surface area contributed by atoms with Gasteiger partial charge in [-0.1, -0.05) is 28.1 Å². The van der Waals surface area contributed by atoms with Gasteiger partial charge in [-0.3, -0.25) is 10.1 Å². The maximum absolute atomic E-state index is 12.4. The molecule has 20 heavy (non-hydrogen) atoms. The zero-order chi connectivity index (χ0) is 14.2. The highest BCUT2D eigenvalue weighted by molar-refractivity contribution is 9.10. The largest absolute Gasteiger partial charge is 0.469 e. The molecule has 0 aliphatic carbocycles. The van der Waals surface area contributed by atoms with Crippen LogP contribution in [0.3, 0.4) is 0 Å². The standard InChI is InChI=1S/C14H12BrN3O2/c15-10-5-3-9(4-6-10)14(8-11-2-1-7-20-11)12(19)17-13(16)18-14/h1-7H,8H2,(H3,16,17,18,19). The Morgan fingerprint density at radius 3 is 2.60 bits per heavy atom. The van der Waals surface area contributed by atoms with E-state index in [2.05, 4.69) is 26.2 Å². The van der Waals surface area contributed by atoms with E-state index in [1.807, 2.05) is 30.3 Å². The molecule has 1 aliphatic rings. The zero-order valence-corrected chi connectivity index (χ0v) is 12.1. The monoisotopic (exact) mass is 333 g/mol. The number of aliphatic imine (C=N–C) groups is 1. The molecule has 1 amide bonds. The van der Waals surface area contributed by atoms with E-state index in [0.717, 1.165) is 10.0 Å². The van der Waals surface area contributed by atoms with Crippen LogP contribution in [0, 0.1) is 0 Å². The SMILES string of the molecule is NC1=NC(Cc2ccco2)(c2ccc(Br)cc2)C(=O)N1. The Hall–Kier alpha value is -2.08. The average Bonchev–Trinajstić information content (AvgIpc) is 3.00. The number of carbonyl (C=O) groups excluding carboxylic acids is 1. The molecular weight excluding hydrogens is 322 g/mol. The smallest absolute Gasteiger partial charge is 0.259 e. The van der Waals surface area contributed by atoms with E-state index in [4.69, 9.17) is 10.2 Å². The summed E-state index contributed by atoms with van der Waals surface area (Å²) in [5.74, 6) is 0.569. The van der Waals surface area contributed by atoms with Crippen molar-refractivity contribution in [1.29, 1.82) is 0 Å². The summed E-state index contributed by atoms with van der Waals surface area (Å²) < 4.78 is 6.28. The van der Waals surface area contributed by atoms with Crippen molar-refractivity contribution in [3.8, 4) is 0 Å². The third-order valence-corrected chi connectivity index (χ3v) is 3.79. The number of rotatable bonds is 3. The van der Waals surface area contributed by atoms with Gasteiger partial charge in [0.15, 0.2) is 11.5 Å². The van der Waals surface area contributed by atoms with Crippen molar-refractivity contribution in [3.05, 3.63) is 58.5 Å². The van der Waals surface area contributed by atoms with Crippen LogP contribution in [0.25, 0.3) is 0 Å². The molecule has 5 nitrogen and oxygen atoms in total. The van der Waals surface area contributed by atoms with Gasteiger partial charge in [0.05, 0.1) is 6.26 Å². The van der Waals surface area contributed by atoms with Gasteiger partial charge in [0.1, 0.15) is 5.76 Å². The van der Waals surface area contributed by atoms with Crippen molar-refractivity contribution in [2.75, 3.05) is 0 Å². The first kappa shape index (κ1) is 12.9. The highest BCUT2D eigenvalue weighted by Crippen LogP contribution is 2.34. The van der Waals surface area contributed by atoms with Gasteiger partial charge < -0.3 is 10.2 Å². The second kappa shape index (κ2) is 4.79. The quantitative estimate of drug-likeness (QED) is 0.900. The number of guanidine groups is 1. The lowest BCUT2D eigenvalue weighted by Crippen LogP contribution is -2.40. The molecule has 0 saturated carbocycles. The molecule has 102 valence electrons. The van der Waals surface area contributed by atoms with Crippen molar-refractivity contribution in [1.82, 2.24) is 5.32 Å². The van der Waals surface area contributed by atoms with Crippen LogP contribution in [0.1, 0.15) is 11.3 Å².